The van der Waals surface area contributed by atoms with Crippen molar-refractivity contribution in [3.05, 3.63) is 33.1 Å². The topological polar surface area (TPSA) is 54.9 Å². The van der Waals surface area contributed by atoms with E-state index < -0.39 is 0 Å². The van der Waals surface area contributed by atoms with Gasteiger partial charge in [0, 0.05) is 18.8 Å². The van der Waals surface area contributed by atoms with Crippen LogP contribution in [0.1, 0.15) is 34.1 Å². The van der Waals surface area contributed by atoms with Crippen LogP contribution in [-0.2, 0) is 6.54 Å². The highest BCUT2D eigenvalue weighted by molar-refractivity contribution is 4.83. The molecule has 0 saturated heterocycles. The van der Waals surface area contributed by atoms with E-state index in [0.717, 1.165) is 6.42 Å². The minimum atomic E-state index is -0.326. The van der Waals surface area contributed by atoms with E-state index in [4.69, 9.17) is 0 Å². The average molecular weight is 224 g/mol. The fourth-order valence-corrected chi connectivity index (χ4v) is 2.05. The second-order valence-corrected chi connectivity index (χ2v) is 5.60. The van der Waals surface area contributed by atoms with E-state index >= 15 is 0 Å². The zero-order valence-electron chi connectivity index (χ0n) is 10.4. The maximum absolute atomic E-state index is 11.5. The Morgan fingerprint density at radius 1 is 1.38 bits per heavy atom. The summed E-state index contributed by atoms with van der Waals surface area (Å²) in [5.74, 6) is 0.307. The molecule has 1 heterocycles. The predicted molar refractivity (Wildman–Crippen MR) is 64.6 cm³/mol. The highest BCUT2D eigenvalue weighted by atomic mass is 16.2. The summed E-state index contributed by atoms with van der Waals surface area (Å²) in [7, 11) is 0. The summed E-state index contributed by atoms with van der Waals surface area (Å²) >= 11 is 0. The van der Waals surface area contributed by atoms with Gasteiger partial charge in [-0.15, -0.1) is 0 Å². The summed E-state index contributed by atoms with van der Waals surface area (Å²) < 4.78 is 1.26. The van der Waals surface area contributed by atoms with Crippen LogP contribution in [0.15, 0.2) is 21.9 Å². The third kappa shape index (κ3) is 3.68. The van der Waals surface area contributed by atoms with Crippen LogP contribution < -0.4 is 11.2 Å². The molecule has 1 N–H and O–H groups in total. The van der Waals surface area contributed by atoms with Crippen LogP contribution in [0.2, 0.25) is 0 Å². The van der Waals surface area contributed by atoms with Gasteiger partial charge < -0.3 is 4.98 Å². The van der Waals surface area contributed by atoms with E-state index in [2.05, 4.69) is 32.7 Å². The van der Waals surface area contributed by atoms with E-state index in [1.54, 1.807) is 0 Å². The molecule has 0 amide bonds. The number of nitrogens with zero attached hydrogens (tertiary/aromatic N) is 1. The molecule has 0 aliphatic heterocycles. The molecule has 0 aliphatic carbocycles. The van der Waals surface area contributed by atoms with Crippen LogP contribution in [0.4, 0.5) is 0 Å². The van der Waals surface area contributed by atoms with Gasteiger partial charge in [0.25, 0.3) is 5.56 Å². The molecular weight excluding hydrogens is 204 g/mol. The summed E-state index contributed by atoms with van der Waals surface area (Å²) in [4.78, 5) is 25.4. The second-order valence-electron chi connectivity index (χ2n) is 5.60. The zero-order valence-corrected chi connectivity index (χ0v) is 10.4. The molecule has 0 fully saturated rings. The standard InChI is InChI=1S/C12H20N2O2/c1-9(7-12(2,3)4)8-14-10(15)5-6-13-11(14)16/h5-6,9H,7-8H2,1-4H3,(H,13,16)/t9-/m1/s1. The van der Waals surface area contributed by atoms with Crippen LogP contribution in [0, 0.1) is 11.3 Å². The number of rotatable bonds is 3. The monoisotopic (exact) mass is 224 g/mol. The van der Waals surface area contributed by atoms with Gasteiger partial charge in [-0.1, -0.05) is 27.7 Å². The van der Waals surface area contributed by atoms with Crippen molar-refractivity contribution in [3.63, 3.8) is 0 Å². The van der Waals surface area contributed by atoms with E-state index in [0.29, 0.717) is 12.5 Å². The highest BCUT2D eigenvalue weighted by Gasteiger charge is 2.16. The third-order valence-corrected chi connectivity index (χ3v) is 2.40. The number of nitrogens with one attached hydrogen (secondary N) is 1. The van der Waals surface area contributed by atoms with Gasteiger partial charge in [-0.05, 0) is 17.8 Å². The maximum atomic E-state index is 11.5. The van der Waals surface area contributed by atoms with Gasteiger partial charge in [-0.2, -0.15) is 0 Å². The zero-order chi connectivity index (χ0) is 12.3. The van der Waals surface area contributed by atoms with Crippen molar-refractivity contribution in [3.8, 4) is 0 Å². The third-order valence-electron chi connectivity index (χ3n) is 2.40. The SMILES string of the molecule is C[C@@H](Cn1c(=O)cc[nH]c1=O)CC(C)(C)C. The Kier molecular flexibility index (Phi) is 3.73. The van der Waals surface area contributed by atoms with E-state index in [1.165, 1.54) is 16.8 Å². The maximum Gasteiger partial charge on any atom is 0.328 e. The van der Waals surface area contributed by atoms with Gasteiger partial charge in [-0.25, -0.2) is 4.79 Å². The normalized spacial score (nSPS) is 13.8. The molecule has 0 bridgehead atoms. The summed E-state index contributed by atoms with van der Waals surface area (Å²) in [5.41, 5.74) is -0.345. The molecule has 0 unspecified atom stereocenters. The molecule has 1 atom stereocenters. The van der Waals surface area contributed by atoms with Gasteiger partial charge in [0.1, 0.15) is 0 Å². The summed E-state index contributed by atoms with van der Waals surface area (Å²) in [6.45, 7) is 9.00. The van der Waals surface area contributed by atoms with Crippen molar-refractivity contribution >= 4 is 0 Å². The molecular formula is C12H20N2O2. The van der Waals surface area contributed by atoms with Gasteiger partial charge in [0.2, 0.25) is 0 Å². The van der Waals surface area contributed by atoms with Crippen molar-refractivity contribution in [1.82, 2.24) is 9.55 Å². The first-order valence-corrected chi connectivity index (χ1v) is 5.58. The van der Waals surface area contributed by atoms with Gasteiger partial charge >= 0.3 is 5.69 Å². The predicted octanol–water partition coefficient (Wildman–Crippen LogP) is 1.61. The fraction of sp³-hybridized carbons (Fsp3) is 0.667. The molecule has 0 spiro atoms. The highest BCUT2D eigenvalue weighted by Crippen LogP contribution is 2.24. The quantitative estimate of drug-likeness (QED) is 0.848. The number of H-pyrrole nitrogens is 1. The molecule has 16 heavy (non-hydrogen) atoms. The van der Waals surface area contributed by atoms with E-state index in [1.807, 2.05) is 0 Å². The van der Waals surface area contributed by atoms with Gasteiger partial charge in [0.15, 0.2) is 0 Å². The lowest BCUT2D eigenvalue weighted by atomic mass is 9.85. The van der Waals surface area contributed by atoms with E-state index in [-0.39, 0.29) is 16.7 Å². The minimum absolute atomic E-state index is 0.213. The lowest BCUT2D eigenvalue weighted by molar-refractivity contribution is 0.281. The molecule has 0 aromatic carbocycles. The molecule has 1 aromatic heterocycles. The van der Waals surface area contributed by atoms with Crippen molar-refractivity contribution in [2.75, 3.05) is 0 Å². The van der Waals surface area contributed by atoms with Crippen LogP contribution in [0.3, 0.4) is 0 Å². The molecule has 1 aromatic rings. The minimum Gasteiger partial charge on any atom is -0.314 e. The van der Waals surface area contributed by atoms with Crippen LogP contribution in [-0.4, -0.2) is 9.55 Å². The van der Waals surface area contributed by atoms with Gasteiger partial charge in [0.05, 0.1) is 0 Å². The van der Waals surface area contributed by atoms with Crippen molar-refractivity contribution < 1.29 is 0 Å². The molecule has 0 saturated carbocycles. The Morgan fingerprint density at radius 2 is 2.00 bits per heavy atom. The number of hydrogen-bond donors (Lipinski definition) is 1. The summed E-state index contributed by atoms with van der Waals surface area (Å²) in [5, 5.41) is 0. The molecule has 1 rings (SSSR count). The average Bonchev–Trinajstić information content (AvgIpc) is 2.08. The lowest BCUT2D eigenvalue weighted by Crippen LogP contribution is -2.36. The Hall–Kier alpha value is -1.32. The fourth-order valence-electron chi connectivity index (χ4n) is 2.05. The molecule has 4 heteroatoms. The van der Waals surface area contributed by atoms with Crippen LogP contribution in [0.25, 0.3) is 0 Å². The number of hydrogen-bond acceptors (Lipinski definition) is 2. The molecule has 0 aliphatic rings. The Bertz CT molecular complexity index is 423. The molecule has 0 radical (unpaired) electrons. The first-order valence-electron chi connectivity index (χ1n) is 5.58. The second kappa shape index (κ2) is 4.68. The number of aromatic amines is 1. The van der Waals surface area contributed by atoms with Crippen LogP contribution >= 0.6 is 0 Å². The van der Waals surface area contributed by atoms with Crippen molar-refractivity contribution in [2.45, 2.75) is 40.7 Å². The first-order chi connectivity index (χ1) is 7.29. The Labute approximate surface area is 95.3 Å². The Balaban J connectivity index is 2.82. The van der Waals surface area contributed by atoms with Crippen molar-refractivity contribution in [1.29, 1.82) is 0 Å². The first kappa shape index (κ1) is 12.7. The Morgan fingerprint density at radius 3 is 2.50 bits per heavy atom. The molecule has 4 nitrogen and oxygen atoms in total. The van der Waals surface area contributed by atoms with Gasteiger partial charge in [-0.3, -0.25) is 9.36 Å². The largest absolute Gasteiger partial charge is 0.328 e. The molecule has 90 valence electrons. The van der Waals surface area contributed by atoms with E-state index in [9.17, 15) is 9.59 Å². The lowest BCUT2D eigenvalue weighted by Gasteiger charge is -2.23. The summed E-state index contributed by atoms with van der Waals surface area (Å²) in [6.07, 6.45) is 2.36. The smallest absolute Gasteiger partial charge is 0.314 e. The van der Waals surface area contributed by atoms with Crippen molar-refractivity contribution in [2.24, 2.45) is 11.3 Å². The van der Waals surface area contributed by atoms with Crippen LogP contribution in [0.5, 0.6) is 0 Å². The summed E-state index contributed by atoms with van der Waals surface area (Å²) in [6, 6.07) is 1.38. The number of aromatic nitrogens is 2.